The van der Waals surface area contributed by atoms with Crippen LogP contribution in [-0.2, 0) is 4.79 Å². The van der Waals surface area contributed by atoms with Crippen LogP contribution >= 0.6 is 11.3 Å². The molecule has 1 aliphatic carbocycles. The van der Waals surface area contributed by atoms with E-state index >= 15 is 0 Å². The van der Waals surface area contributed by atoms with Gasteiger partial charge in [0.2, 0.25) is 0 Å². The van der Waals surface area contributed by atoms with Gasteiger partial charge in [-0.15, -0.1) is 11.3 Å². The van der Waals surface area contributed by atoms with E-state index in [-0.39, 0.29) is 17.9 Å². The van der Waals surface area contributed by atoms with Gasteiger partial charge in [-0.3, -0.25) is 9.59 Å². The van der Waals surface area contributed by atoms with Crippen molar-refractivity contribution in [3.63, 3.8) is 0 Å². The Bertz CT molecular complexity index is 629. The molecule has 20 heavy (non-hydrogen) atoms. The van der Waals surface area contributed by atoms with Crippen LogP contribution in [0.5, 0.6) is 0 Å². The van der Waals surface area contributed by atoms with E-state index in [2.05, 4.69) is 10.3 Å². The molecule has 0 radical (unpaired) electrons. The molecule has 0 spiro atoms. The van der Waals surface area contributed by atoms with Crippen molar-refractivity contribution in [1.82, 2.24) is 10.3 Å². The lowest BCUT2D eigenvalue weighted by atomic mass is 9.80. The molecule has 1 fully saturated rings. The quantitative estimate of drug-likeness (QED) is 0.899. The van der Waals surface area contributed by atoms with Gasteiger partial charge in [-0.2, -0.15) is 0 Å². The maximum atomic E-state index is 12.0. The lowest BCUT2D eigenvalue weighted by Gasteiger charge is -2.32. The van der Waals surface area contributed by atoms with E-state index < -0.39 is 5.97 Å². The van der Waals surface area contributed by atoms with Crippen LogP contribution < -0.4 is 5.32 Å². The second-order valence-electron chi connectivity index (χ2n) is 4.73. The second kappa shape index (κ2) is 5.09. The smallest absolute Gasteiger partial charge is 0.306 e. The van der Waals surface area contributed by atoms with Gasteiger partial charge in [0, 0.05) is 17.0 Å². The molecule has 0 saturated heterocycles. The third-order valence-corrected chi connectivity index (χ3v) is 4.22. The average Bonchev–Trinajstić information content (AvgIpc) is 3.01. The van der Waals surface area contributed by atoms with Crippen LogP contribution in [0.4, 0.5) is 0 Å². The summed E-state index contributed by atoms with van der Waals surface area (Å²) in [6.07, 6.45) is 4.10. The maximum absolute atomic E-state index is 12.0. The lowest BCUT2D eigenvalue weighted by Crippen LogP contribution is -2.46. The summed E-state index contributed by atoms with van der Waals surface area (Å²) < 4.78 is 4.97. The van der Waals surface area contributed by atoms with Crippen LogP contribution in [0.1, 0.15) is 23.3 Å². The molecule has 2 N–H and O–H groups in total. The van der Waals surface area contributed by atoms with Gasteiger partial charge in [0.25, 0.3) is 5.91 Å². The van der Waals surface area contributed by atoms with Crippen molar-refractivity contribution in [3.05, 3.63) is 29.7 Å². The highest BCUT2D eigenvalue weighted by molar-refractivity contribution is 7.13. The molecule has 2 heterocycles. The molecule has 0 unspecified atom stereocenters. The highest BCUT2D eigenvalue weighted by atomic mass is 32.1. The standard InChI is InChI=1S/C13H12N2O4S/c16-11(14-9-3-8(4-9)13(17)18)10-6-20-12(15-10)7-1-2-19-5-7/h1-2,5-6,8-9H,3-4H2,(H,14,16)(H,17,18). The first-order valence-electron chi connectivity index (χ1n) is 6.15. The number of nitrogens with one attached hydrogen (secondary N) is 1. The molecule has 1 amide bonds. The molecule has 0 atom stereocenters. The van der Waals surface area contributed by atoms with Gasteiger partial charge in [0.1, 0.15) is 17.0 Å². The van der Waals surface area contributed by atoms with Gasteiger partial charge < -0.3 is 14.8 Å². The van der Waals surface area contributed by atoms with Crippen molar-refractivity contribution in [2.45, 2.75) is 18.9 Å². The summed E-state index contributed by atoms with van der Waals surface area (Å²) >= 11 is 1.37. The van der Waals surface area contributed by atoms with Gasteiger partial charge in [-0.25, -0.2) is 4.98 Å². The van der Waals surface area contributed by atoms with Crippen LogP contribution in [0.3, 0.4) is 0 Å². The van der Waals surface area contributed by atoms with Crippen molar-refractivity contribution in [2.24, 2.45) is 5.92 Å². The van der Waals surface area contributed by atoms with Gasteiger partial charge in [-0.1, -0.05) is 0 Å². The number of carbonyl (C=O) groups is 2. The van der Waals surface area contributed by atoms with Crippen LogP contribution in [0.2, 0.25) is 0 Å². The van der Waals surface area contributed by atoms with Crippen molar-refractivity contribution in [1.29, 1.82) is 0 Å². The predicted octanol–water partition coefficient (Wildman–Crippen LogP) is 2.00. The molecule has 7 heteroatoms. The normalized spacial score (nSPS) is 21.2. The largest absolute Gasteiger partial charge is 0.481 e. The number of rotatable bonds is 4. The van der Waals surface area contributed by atoms with Crippen molar-refractivity contribution >= 4 is 23.2 Å². The fourth-order valence-corrected chi connectivity index (χ4v) is 2.88. The van der Waals surface area contributed by atoms with Gasteiger partial charge in [0.05, 0.1) is 12.2 Å². The maximum Gasteiger partial charge on any atom is 0.306 e. The molecule has 1 saturated carbocycles. The number of carbonyl (C=O) groups excluding carboxylic acids is 1. The topological polar surface area (TPSA) is 92.4 Å². The first-order valence-corrected chi connectivity index (χ1v) is 7.03. The Morgan fingerprint density at radius 3 is 2.90 bits per heavy atom. The molecule has 1 aliphatic rings. The van der Waals surface area contributed by atoms with E-state index in [9.17, 15) is 9.59 Å². The summed E-state index contributed by atoms with van der Waals surface area (Å²) in [5.41, 5.74) is 1.19. The zero-order chi connectivity index (χ0) is 14.1. The van der Waals surface area contributed by atoms with Crippen molar-refractivity contribution in [2.75, 3.05) is 0 Å². The number of amides is 1. The Labute approximate surface area is 118 Å². The predicted molar refractivity (Wildman–Crippen MR) is 71.4 cm³/mol. The number of nitrogens with zero attached hydrogens (tertiary/aromatic N) is 1. The van der Waals surface area contributed by atoms with E-state index in [0.29, 0.717) is 18.5 Å². The Kier molecular flexibility index (Phi) is 3.27. The number of carboxylic acids is 1. The number of furan rings is 1. The van der Waals surface area contributed by atoms with Crippen molar-refractivity contribution < 1.29 is 19.1 Å². The highest BCUT2D eigenvalue weighted by Crippen LogP contribution is 2.28. The average molecular weight is 292 g/mol. The summed E-state index contributed by atoms with van der Waals surface area (Å²) in [6.45, 7) is 0. The number of hydrogen-bond acceptors (Lipinski definition) is 5. The molecular formula is C13H12N2O4S. The minimum atomic E-state index is -0.800. The molecule has 3 rings (SSSR count). The minimum Gasteiger partial charge on any atom is -0.481 e. The minimum absolute atomic E-state index is 0.0670. The summed E-state index contributed by atoms with van der Waals surface area (Å²) in [5.74, 6) is -1.39. The SMILES string of the molecule is O=C(NC1CC(C(=O)O)C1)c1csc(-c2ccoc2)n1. The van der Waals surface area contributed by atoms with Gasteiger partial charge in [0.15, 0.2) is 0 Å². The molecular weight excluding hydrogens is 280 g/mol. The Balaban J connectivity index is 1.60. The molecule has 104 valence electrons. The third kappa shape index (κ3) is 2.44. The van der Waals surface area contributed by atoms with E-state index in [1.807, 2.05) is 0 Å². The van der Waals surface area contributed by atoms with E-state index in [0.717, 1.165) is 10.6 Å². The fourth-order valence-electron chi connectivity index (χ4n) is 2.09. The first-order chi connectivity index (χ1) is 9.63. The summed E-state index contributed by atoms with van der Waals surface area (Å²) in [6, 6.07) is 1.71. The van der Waals surface area contributed by atoms with E-state index in [4.69, 9.17) is 9.52 Å². The lowest BCUT2D eigenvalue weighted by molar-refractivity contribution is -0.145. The van der Waals surface area contributed by atoms with Crippen LogP contribution in [0.25, 0.3) is 10.6 Å². The first kappa shape index (κ1) is 12.9. The van der Waals surface area contributed by atoms with Gasteiger partial charge >= 0.3 is 5.97 Å². The fraction of sp³-hybridized carbons (Fsp3) is 0.308. The molecule has 0 aliphatic heterocycles. The van der Waals surface area contributed by atoms with Crippen LogP contribution in [0, 0.1) is 5.92 Å². The zero-order valence-corrected chi connectivity index (χ0v) is 11.2. The van der Waals surface area contributed by atoms with E-state index in [1.54, 1.807) is 24.0 Å². The Hall–Kier alpha value is -2.15. The van der Waals surface area contributed by atoms with E-state index in [1.165, 1.54) is 11.3 Å². The monoisotopic (exact) mass is 292 g/mol. The van der Waals surface area contributed by atoms with Crippen LogP contribution in [0.15, 0.2) is 28.4 Å². The Morgan fingerprint density at radius 1 is 1.45 bits per heavy atom. The molecule has 2 aromatic heterocycles. The molecule has 6 nitrogen and oxygen atoms in total. The number of thiazole rings is 1. The number of aliphatic carboxylic acids is 1. The number of carboxylic acid groups (broad SMARTS) is 1. The summed E-state index contributed by atoms with van der Waals surface area (Å²) in [5, 5.41) is 14.0. The zero-order valence-electron chi connectivity index (χ0n) is 10.4. The van der Waals surface area contributed by atoms with Crippen LogP contribution in [-0.4, -0.2) is 28.0 Å². The molecule has 0 aromatic carbocycles. The number of hydrogen-bond donors (Lipinski definition) is 2. The highest BCUT2D eigenvalue weighted by Gasteiger charge is 2.35. The number of aromatic nitrogens is 1. The van der Waals surface area contributed by atoms with Crippen molar-refractivity contribution in [3.8, 4) is 10.6 Å². The third-order valence-electron chi connectivity index (χ3n) is 3.33. The summed E-state index contributed by atoms with van der Waals surface area (Å²) in [7, 11) is 0. The van der Waals surface area contributed by atoms with Gasteiger partial charge in [-0.05, 0) is 18.9 Å². The molecule has 0 bridgehead atoms. The summed E-state index contributed by atoms with van der Waals surface area (Å²) in [4.78, 5) is 26.9. The molecule has 2 aromatic rings. The Morgan fingerprint density at radius 2 is 2.25 bits per heavy atom. The second-order valence-corrected chi connectivity index (χ2v) is 5.58.